The van der Waals surface area contributed by atoms with Gasteiger partial charge in [-0.3, -0.25) is 9.69 Å². The van der Waals surface area contributed by atoms with E-state index in [-0.39, 0.29) is 5.91 Å². The molecule has 144 valence electrons. The van der Waals surface area contributed by atoms with E-state index in [9.17, 15) is 4.79 Å². The van der Waals surface area contributed by atoms with Crippen molar-refractivity contribution in [2.24, 2.45) is 5.92 Å². The third-order valence-corrected chi connectivity index (χ3v) is 5.29. The molecule has 26 heavy (non-hydrogen) atoms. The molecule has 0 unspecified atom stereocenters. The summed E-state index contributed by atoms with van der Waals surface area (Å²) in [6.45, 7) is 5.97. The highest BCUT2D eigenvalue weighted by Crippen LogP contribution is 2.27. The Bertz CT molecular complexity index is 535. The molecule has 1 amide bonds. The maximum atomic E-state index is 11.9. The second-order valence-electron chi connectivity index (χ2n) is 7.44. The summed E-state index contributed by atoms with van der Waals surface area (Å²) in [7, 11) is 0. The Morgan fingerprint density at radius 3 is 2.62 bits per heavy atom. The van der Waals surface area contributed by atoms with Gasteiger partial charge in [-0.15, -0.1) is 0 Å². The number of hydrogen-bond acceptors (Lipinski definition) is 4. The van der Waals surface area contributed by atoms with Gasteiger partial charge in [-0.25, -0.2) is 0 Å². The number of nitrogens with one attached hydrogen (secondary N) is 1. The monoisotopic (exact) mass is 360 g/mol. The van der Waals surface area contributed by atoms with E-state index >= 15 is 0 Å². The third kappa shape index (κ3) is 6.61. The van der Waals surface area contributed by atoms with Crippen LogP contribution in [-0.2, 0) is 16.1 Å². The Kier molecular flexibility index (Phi) is 7.77. The number of amides is 1. The molecule has 0 radical (unpaired) electrons. The maximum Gasteiger partial charge on any atom is 0.220 e. The van der Waals surface area contributed by atoms with Crippen LogP contribution in [0.2, 0.25) is 0 Å². The van der Waals surface area contributed by atoms with Gasteiger partial charge in [0.05, 0.1) is 19.8 Å². The largest absolute Gasteiger partial charge is 0.494 e. The number of hydrogen-bond donors (Lipinski definition) is 1. The number of rotatable bonds is 9. The van der Waals surface area contributed by atoms with Gasteiger partial charge in [0, 0.05) is 32.6 Å². The Hall–Kier alpha value is -1.59. The molecule has 2 aliphatic rings. The van der Waals surface area contributed by atoms with Crippen LogP contribution in [-0.4, -0.2) is 50.3 Å². The summed E-state index contributed by atoms with van der Waals surface area (Å²) < 4.78 is 11.2. The van der Waals surface area contributed by atoms with Crippen LogP contribution in [0.4, 0.5) is 0 Å². The summed E-state index contributed by atoms with van der Waals surface area (Å²) in [4.78, 5) is 14.3. The van der Waals surface area contributed by atoms with Crippen molar-refractivity contribution in [1.82, 2.24) is 10.2 Å². The molecule has 1 aliphatic heterocycles. The predicted octanol–water partition coefficient (Wildman–Crippen LogP) is 2.98. The Morgan fingerprint density at radius 2 is 1.88 bits per heavy atom. The highest BCUT2D eigenvalue weighted by molar-refractivity contribution is 5.76. The van der Waals surface area contributed by atoms with Crippen molar-refractivity contribution in [3.63, 3.8) is 0 Å². The SMILES string of the molecule is O=C(CC1CCCC1)NCCCOc1ccc(CN2CCOCC2)cc1. The number of carbonyl (C=O) groups is 1. The second-order valence-corrected chi connectivity index (χ2v) is 7.44. The maximum absolute atomic E-state index is 11.9. The van der Waals surface area contributed by atoms with Gasteiger partial charge in [0.25, 0.3) is 0 Å². The molecule has 1 aromatic rings. The van der Waals surface area contributed by atoms with Crippen LogP contribution in [0, 0.1) is 5.92 Å². The quantitative estimate of drug-likeness (QED) is 0.688. The van der Waals surface area contributed by atoms with Gasteiger partial charge >= 0.3 is 0 Å². The normalized spacial score (nSPS) is 18.8. The first-order valence-electron chi connectivity index (χ1n) is 10.1. The lowest BCUT2D eigenvalue weighted by molar-refractivity contribution is -0.122. The molecule has 1 saturated heterocycles. The van der Waals surface area contributed by atoms with Crippen molar-refractivity contribution in [2.45, 2.75) is 45.1 Å². The molecule has 0 atom stereocenters. The summed E-state index contributed by atoms with van der Waals surface area (Å²) in [5, 5.41) is 3.02. The van der Waals surface area contributed by atoms with Gasteiger partial charge in [0.15, 0.2) is 0 Å². The van der Waals surface area contributed by atoms with Crippen molar-refractivity contribution in [3.05, 3.63) is 29.8 Å². The van der Waals surface area contributed by atoms with Crippen LogP contribution in [0.1, 0.15) is 44.1 Å². The fourth-order valence-electron chi connectivity index (χ4n) is 3.75. The molecule has 0 aromatic heterocycles. The average Bonchev–Trinajstić information content (AvgIpc) is 3.16. The lowest BCUT2D eigenvalue weighted by Gasteiger charge is -2.26. The average molecular weight is 360 g/mol. The van der Waals surface area contributed by atoms with E-state index in [1.54, 1.807) is 0 Å². The summed E-state index contributed by atoms with van der Waals surface area (Å²) in [5.41, 5.74) is 1.30. The Labute approximate surface area is 157 Å². The van der Waals surface area contributed by atoms with Crippen LogP contribution in [0.5, 0.6) is 5.75 Å². The van der Waals surface area contributed by atoms with E-state index in [1.165, 1.54) is 31.2 Å². The molecular weight excluding hydrogens is 328 g/mol. The van der Waals surface area contributed by atoms with E-state index in [4.69, 9.17) is 9.47 Å². The molecule has 3 rings (SSSR count). The highest BCUT2D eigenvalue weighted by Gasteiger charge is 2.17. The number of benzene rings is 1. The second kappa shape index (κ2) is 10.5. The first-order chi connectivity index (χ1) is 12.8. The number of morpholine rings is 1. The van der Waals surface area contributed by atoms with Gasteiger partial charge in [-0.2, -0.15) is 0 Å². The number of ether oxygens (including phenoxy) is 2. The van der Waals surface area contributed by atoms with E-state index in [0.29, 0.717) is 25.5 Å². The molecule has 1 heterocycles. The zero-order valence-corrected chi connectivity index (χ0v) is 15.8. The van der Waals surface area contributed by atoms with Crippen LogP contribution < -0.4 is 10.1 Å². The van der Waals surface area contributed by atoms with Gasteiger partial charge in [0.1, 0.15) is 5.75 Å². The summed E-state index contributed by atoms with van der Waals surface area (Å²) >= 11 is 0. The standard InChI is InChI=1S/C21H32N2O3/c24-21(16-18-4-1-2-5-18)22-10-3-13-26-20-8-6-19(7-9-20)17-23-11-14-25-15-12-23/h6-9,18H,1-5,10-17H2,(H,22,24). The minimum absolute atomic E-state index is 0.198. The van der Waals surface area contributed by atoms with Crippen molar-refractivity contribution in [3.8, 4) is 5.75 Å². The molecule has 5 heteroatoms. The van der Waals surface area contributed by atoms with Gasteiger partial charge < -0.3 is 14.8 Å². The smallest absolute Gasteiger partial charge is 0.220 e. The van der Waals surface area contributed by atoms with Crippen LogP contribution in [0.15, 0.2) is 24.3 Å². The molecule has 1 aliphatic carbocycles. The predicted molar refractivity (Wildman–Crippen MR) is 102 cm³/mol. The molecule has 0 spiro atoms. The lowest BCUT2D eigenvalue weighted by atomic mass is 10.0. The summed E-state index contributed by atoms with van der Waals surface area (Å²) in [5.74, 6) is 1.71. The van der Waals surface area contributed by atoms with Crippen molar-refractivity contribution >= 4 is 5.91 Å². The number of nitrogens with zero attached hydrogens (tertiary/aromatic N) is 1. The lowest BCUT2D eigenvalue weighted by Crippen LogP contribution is -2.35. The topological polar surface area (TPSA) is 50.8 Å². The fourth-order valence-corrected chi connectivity index (χ4v) is 3.75. The first kappa shape index (κ1) is 19.2. The molecular formula is C21H32N2O3. The van der Waals surface area contributed by atoms with Crippen LogP contribution in [0.3, 0.4) is 0 Å². The van der Waals surface area contributed by atoms with Crippen molar-refractivity contribution in [1.29, 1.82) is 0 Å². The molecule has 1 aromatic carbocycles. The van der Waals surface area contributed by atoms with Crippen molar-refractivity contribution in [2.75, 3.05) is 39.5 Å². The molecule has 0 bridgehead atoms. The molecule has 2 fully saturated rings. The van der Waals surface area contributed by atoms with E-state index in [0.717, 1.165) is 45.0 Å². The summed E-state index contributed by atoms with van der Waals surface area (Å²) in [6.07, 6.45) is 6.56. The molecule has 1 N–H and O–H groups in total. The zero-order valence-electron chi connectivity index (χ0n) is 15.8. The zero-order chi connectivity index (χ0) is 18.0. The minimum Gasteiger partial charge on any atom is -0.494 e. The highest BCUT2D eigenvalue weighted by atomic mass is 16.5. The van der Waals surface area contributed by atoms with Crippen LogP contribution in [0.25, 0.3) is 0 Å². The molecule has 5 nitrogen and oxygen atoms in total. The fraction of sp³-hybridized carbons (Fsp3) is 0.667. The van der Waals surface area contributed by atoms with E-state index in [1.807, 2.05) is 12.1 Å². The van der Waals surface area contributed by atoms with Crippen molar-refractivity contribution < 1.29 is 14.3 Å². The third-order valence-electron chi connectivity index (χ3n) is 5.29. The summed E-state index contributed by atoms with van der Waals surface area (Å²) in [6, 6.07) is 8.34. The van der Waals surface area contributed by atoms with Crippen LogP contribution >= 0.6 is 0 Å². The van der Waals surface area contributed by atoms with Gasteiger partial charge in [-0.05, 0) is 42.9 Å². The number of carbonyl (C=O) groups excluding carboxylic acids is 1. The molecule has 1 saturated carbocycles. The van der Waals surface area contributed by atoms with E-state index in [2.05, 4.69) is 22.3 Å². The van der Waals surface area contributed by atoms with Gasteiger partial charge in [0.2, 0.25) is 5.91 Å². The first-order valence-corrected chi connectivity index (χ1v) is 10.1. The van der Waals surface area contributed by atoms with E-state index < -0.39 is 0 Å². The Balaban J connectivity index is 1.26. The minimum atomic E-state index is 0.198. The van der Waals surface area contributed by atoms with Gasteiger partial charge in [-0.1, -0.05) is 25.0 Å². The Morgan fingerprint density at radius 1 is 1.15 bits per heavy atom.